The summed E-state index contributed by atoms with van der Waals surface area (Å²) in [5.41, 5.74) is 1.30. The summed E-state index contributed by atoms with van der Waals surface area (Å²) in [6.45, 7) is 10.6. The van der Waals surface area contributed by atoms with E-state index in [1.807, 2.05) is 18.5 Å². The number of aromatic nitrogens is 1. The Kier molecular flexibility index (Phi) is 5.54. The second kappa shape index (κ2) is 7.39. The summed E-state index contributed by atoms with van der Waals surface area (Å²) in [7, 11) is 0. The molecular formula is C18H26N2. The van der Waals surface area contributed by atoms with Gasteiger partial charge in [-0.1, -0.05) is 37.6 Å². The van der Waals surface area contributed by atoms with Crippen LogP contribution in [0.15, 0.2) is 36.7 Å². The lowest BCUT2D eigenvalue weighted by atomic mass is 10.0. The van der Waals surface area contributed by atoms with Gasteiger partial charge >= 0.3 is 0 Å². The number of hydrogen-bond donors (Lipinski definition) is 0. The van der Waals surface area contributed by atoms with Crippen LogP contribution in [0.4, 0.5) is 0 Å². The number of aryl methyl sites for hydroxylation is 1. The van der Waals surface area contributed by atoms with Gasteiger partial charge in [0.25, 0.3) is 0 Å². The molecule has 1 fully saturated rings. The molecule has 1 aromatic heterocycles. The molecule has 2 nitrogen and oxygen atoms in total. The fourth-order valence-electron chi connectivity index (χ4n) is 2.78. The molecule has 0 spiro atoms. The summed E-state index contributed by atoms with van der Waals surface area (Å²) in [6.07, 6.45) is 6.56. The van der Waals surface area contributed by atoms with Crippen LogP contribution in [-0.4, -0.2) is 29.5 Å². The van der Waals surface area contributed by atoms with E-state index in [4.69, 9.17) is 0 Å². The Morgan fingerprint density at radius 1 is 1.25 bits per heavy atom. The third-order valence-electron chi connectivity index (χ3n) is 3.98. The van der Waals surface area contributed by atoms with Crippen molar-refractivity contribution in [3.05, 3.63) is 42.2 Å². The second-order valence-corrected chi connectivity index (χ2v) is 5.87. The Balaban J connectivity index is 0.000000151. The van der Waals surface area contributed by atoms with E-state index in [-0.39, 0.29) is 0 Å². The molecule has 1 aromatic carbocycles. The van der Waals surface area contributed by atoms with Crippen LogP contribution < -0.4 is 0 Å². The summed E-state index contributed by atoms with van der Waals surface area (Å²) in [5.74, 6) is 0.943. The molecule has 20 heavy (non-hydrogen) atoms. The summed E-state index contributed by atoms with van der Waals surface area (Å²) < 4.78 is 0. The maximum absolute atomic E-state index is 4.04. The molecule has 2 aromatic rings. The van der Waals surface area contributed by atoms with Gasteiger partial charge in [-0.3, -0.25) is 4.98 Å². The van der Waals surface area contributed by atoms with E-state index >= 15 is 0 Å². The SMILES string of the molecule is CCN1CCC[C@@H](C)C1.Cc1ccc2cnccc2c1. The third-order valence-corrected chi connectivity index (χ3v) is 3.98. The lowest BCUT2D eigenvalue weighted by Gasteiger charge is -2.29. The lowest BCUT2D eigenvalue weighted by Crippen LogP contribution is -2.33. The maximum atomic E-state index is 4.04. The Bertz CT molecular complexity index is 536. The topological polar surface area (TPSA) is 16.1 Å². The van der Waals surface area contributed by atoms with Crippen LogP contribution in [0.5, 0.6) is 0 Å². The quantitative estimate of drug-likeness (QED) is 0.769. The zero-order valence-electron chi connectivity index (χ0n) is 13.0. The fraction of sp³-hybridized carbons (Fsp3) is 0.500. The number of likely N-dealkylation sites (tertiary alicyclic amines) is 1. The van der Waals surface area contributed by atoms with Crippen LogP contribution in [0.1, 0.15) is 32.3 Å². The average molecular weight is 270 g/mol. The number of nitrogens with zero attached hydrogens (tertiary/aromatic N) is 2. The molecule has 1 saturated heterocycles. The minimum atomic E-state index is 0.943. The van der Waals surface area contributed by atoms with E-state index in [2.05, 4.69) is 48.9 Å². The monoisotopic (exact) mass is 270 g/mol. The minimum Gasteiger partial charge on any atom is -0.303 e. The van der Waals surface area contributed by atoms with Gasteiger partial charge in [0, 0.05) is 24.3 Å². The summed E-state index contributed by atoms with van der Waals surface area (Å²) in [5, 5.41) is 2.47. The average Bonchev–Trinajstić information content (AvgIpc) is 2.47. The fourth-order valence-corrected chi connectivity index (χ4v) is 2.78. The van der Waals surface area contributed by atoms with E-state index < -0.39 is 0 Å². The van der Waals surface area contributed by atoms with E-state index in [1.54, 1.807) is 0 Å². The van der Waals surface area contributed by atoms with Crippen LogP contribution in [-0.2, 0) is 0 Å². The van der Waals surface area contributed by atoms with Crippen LogP contribution in [0, 0.1) is 12.8 Å². The maximum Gasteiger partial charge on any atom is 0.0346 e. The molecule has 0 bridgehead atoms. The predicted molar refractivity (Wildman–Crippen MR) is 87.0 cm³/mol. The third kappa shape index (κ3) is 4.31. The molecule has 1 aliphatic rings. The molecule has 0 saturated carbocycles. The van der Waals surface area contributed by atoms with Gasteiger partial charge in [-0.2, -0.15) is 0 Å². The van der Waals surface area contributed by atoms with Crippen molar-refractivity contribution in [2.75, 3.05) is 19.6 Å². The highest BCUT2D eigenvalue weighted by Crippen LogP contribution is 2.14. The second-order valence-electron chi connectivity index (χ2n) is 5.87. The molecule has 2 heteroatoms. The molecule has 0 radical (unpaired) electrons. The van der Waals surface area contributed by atoms with Crippen LogP contribution in [0.3, 0.4) is 0 Å². The zero-order valence-corrected chi connectivity index (χ0v) is 13.0. The molecule has 2 heterocycles. The van der Waals surface area contributed by atoms with Gasteiger partial charge in [-0.05, 0) is 50.2 Å². The minimum absolute atomic E-state index is 0.943. The highest BCUT2D eigenvalue weighted by atomic mass is 15.1. The molecule has 3 rings (SSSR count). The van der Waals surface area contributed by atoms with Gasteiger partial charge in [-0.15, -0.1) is 0 Å². The standard InChI is InChI=1S/C10H9N.C8H17N/c1-8-2-3-10-7-11-5-4-9(10)6-8;1-3-9-6-4-5-8(2)7-9/h2-7H,1H3;8H,3-7H2,1-2H3/t;8-/m.1/s1. The van der Waals surface area contributed by atoms with Gasteiger partial charge in [-0.25, -0.2) is 0 Å². The first-order valence-electron chi connectivity index (χ1n) is 7.71. The smallest absolute Gasteiger partial charge is 0.0346 e. The van der Waals surface area contributed by atoms with E-state index in [0.29, 0.717) is 0 Å². The zero-order chi connectivity index (χ0) is 14.4. The summed E-state index contributed by atoms with van der Waals surface area (Å²) >= 11 is 0. The number of piperidine rings is 1. The van der Waals surface area contributed by atoms with Gasteiger partial charge in [0.2, 0.25) is 0 Å². The van der Waals surface area contributed by atoms with Crippen LogP contribution in [0.2, 0.25) is 0 Å². The Labute approximate surface area is 122 Å². The molecule has 1 aliphatic heterocycles. The molecule has 0 amide bonds. The molecule has 0 aliphatic carbocycles. The normalized spacial score (nSPS) is 19.4. The van der Waals surface area contributed by atoms with E-state index in [1.165, 1.54) is 48.8 Å². The number of rotatable bonds is 1. The summed E-state index contributed by atoms with van der Waals surface area (Å²) in [6, 6.07) is 8.39. The largest absolute Gasteiger partial charge is 0.303 e. The van der Waals surface area contributed by atoms with Crippen molar-refractivity contribution in [3.8, 4) is 0 Å². The molecule has 0 N–H and O–H groups in total. The first-order chi connectivity index (χ1) is 9.69. The Hall–Kier alpha value is -1.41. The number of pyridine rings is 1. The van der Waals surface area contributed by atoms with E-state index in [0.717, 1.165) is 5.92 Å². The van der Waals surface area contributed by atoms with Crippen molar-refractivity contribution in [2.45, 2.75) is 33.6 Å². The molecule has 108 valence electrons. The number of hydrogen-bond acceptors (Lipinski definition) is 2. The van der Waals surface area contributed by atoms with Crippen LogP contribution in [0.25, 0.3) is 10.8 Å². The van der Waals surface area contributed by atoms with Crippen LogP contribution >= 0.6 is 0 Å². The van der Waals surface area contributed by atoms with Crippen molar-refractivity contribution in [1.29, 1.82) is 0 Å². The Morgan fingerprint density at radius 2 is 2.10 bits per heavy atom. The lowest BCUT2D eigenvalue weighted by molar-refractivity contribution is 0.192. The van der Waals surface area contributed by atoms with Crippen molar-refractivity contribution in [1.82, 2.24) is 9.88 Å². The molecule has 1 atom stereocenters. The first kappa shape index (κ1) is 15.0. The van der Waals surface area contributed by atoms with Crippen molar-refractivity contribution in [2.24, 2.45) is 5.92 Å². The predicted octanol–water partition coefficient (Wildman–Crippen LogP) is 4.28. The number of benzene rings is 1. The van der Waals surface area contributed by atoms with Crippen molar-refractivity contribution in [3.63, 3.8) is 0 Å². The Morgan fingerprint density at radius 3 is 2.80 bits per heavy atom. The molecule has 0 unspecified atom stereocenters. The van der Waals surface area contributed by atoms with Gasteiger partial charge in [0.15, 0.2) is 0 Å². The first-order valence-corrected chi connectivity index (χ1v) is 7.71. The highest BCUT2D eigenvalue weighted by molar-refractivity contribution is 5.81. The highest BCUT2D eigenvalue weighted by Gasteiger charge is 2.13. The molecular weight excluding hydrogens is 244 g/mol. The number of fused-ring (bicyclic) bond motifs is 1. The van der Waals surface area contributed by atoms with Crippen molar-refractivity contribution >= 4 is 10.8 Å². The van der Waals surface area contributed by atoms with Gasteiger partial charge < -0.3 is 4.90 Å². The summed E-state index contributed by atoms with van der Waals surface area (Å²) in [4.78, 5) is 6.58. The van der Waals surface area contributed by atoms with Gasteiger partial charge in [0.05, 0.1) is 0 Å². The van der Waals surface area contributed by atoms with E-state index in [9.17, 15) is 0 Å². The van der Waals surface area contributed by atoms with Gasteiger partial charge in [0.1, 0.15) is 0 Å². The van der Waals surface area contributed by atoms with Crippen molar-refractivity contribution < 1.29 is 0 Å².